The summed E-state index contributed by atoms with van der Waals surface area (Å²) in [5.41, 5.74) is 23.0. The SMILES string of the molecule is CC(C)(C)c1ccc(-c2ccc(N3c4ccc(C(C)(C)C)cc4B4c5cc(C(C)(C)C)ccc5N(c5ccc(-c6cccc7c6oc6ccccc67)cc5)c5cc(C(C)(C)C)cc3c54)cc2)cc1. The van der Waals surface area contributed by atoms with E-state index in [1.807, 2.05) is 6.07 Å². The van der Waals surface area contributed by atoms with Crippen LogP contribution in [0.2, 0.25) is 0 Å². The van der Waals surface area contributed by atoms with Gasteiger partial charge in [0.05, 0.1) is 0 Å². The maximum atomic E-state index is 6.54. The molecule has 0 saturated heterocycles. The van der Waals surface area contributed by atoms with Crippen LogP contribution in [0.25, 0.3) is 44.2 Å². The Labute approximate surface area is 404 Å². The fourth-order valence-electron chi connectivity index (χ4n) is 10.7. The first-order chi connectivity index (χ1) is 32.2. The van der Waals surface area contributed by atoms with Crippen molar-refractivity contribution < 1.29 is 4.42 Å². The first-order valence-electron chi connectivity index (χ1n) is 24.5. The zero-order valence-electron chi connectivity index (χ0n) is 42.0. The highest BCUT2D eigenvalue weighted by molar-refractivity contribution is 7.00. The van der Waals surface area contributed by atoms with Crippen LogP contribution >= 0.6 is 0 Å². The van der Waals surface area contributed by atoms with Gasteiger partial charge in [0, 0.05) is 50.5 Å². The number of rotatable bonds is 4. The lowest BCUT2D eigenvalue weighted by molar-refractivity contribution is 0.590. The summed E-state index contributed by atoms with van der Waals surface area (Å²) < 4.78 is 6.54. The summed E-state index contributed by atoms with van der Waals surface area (Å²) in [6, 6.07) is 62.0. The Bertz CT molecular complexity index is 3420. The summed E-state index contributed by atoms with van der Waals surface area (Å²) in [6.07, 6.45) is 0. The van der Waals surface area contributed by atoms with Gasteiger partial charge in [-0.1, -0.05) is 192 Å². The molecule has 0 bridgehead atoms. The van der Waals surface area contributed by atoms with E-state index >= 15 is 0 Å². The van der Waals surface area contributed by atoms with Crippen molar-refractivity contribution in [2.75, 3.05) is 9.80 Å². The molecule has 0 radical (unpaired) electrons. The molecule has 0 unspecified atom stereocenters. The van der Waals surface area contributed by atoms with E-state index in [4.69, 9.17) is 4.42 Å². The van der Waals surface area contributed by atoms with Gasteiger partial charge in [0.2, 0.25) is 0 Å². The maximum absolute atomic E-state index is 6.54. The molecule has 2 aliphatic heterocycles. The van der Waals surface area contributed by atoms with E-state index in [9.17, 15) is 0 Å². The smallest absolute Gasteiger partial charge is 0.252 e. The lowest BCUT2D eigenvalue weighted by Gasteiger charge is -2.45. The molecule has 0 spiro atoms. The molecule has 0 saturated carbocycles. The number of hydrogen-bond donors (Lipinski definition) is 0. The highest BCUT2D eigenvalue weighted by Gasteiger charge is 2.45. The van der Waals surface area contributed by atoms with Crippen LogP contribution in [0, 0.1) is 0 Å². The Morgan fingerprint density at radius 1 is 0.368 bits per heavy atom. The molecule has 11 rings (SSSR count). The molecule has 0 N–H and O–H groups in total. The molecular formula is C64H63BN2O. The van der Waals surface area contributed by atoms with Crippen molar-refractivity contribution in [2.24, 2.45) is 0 Å². The van der Waals surface area contributed by atoms with Gasteiger partial charge in [-0.05, 0) is 132 Å². The van der Waals surface area contributed by atoms with Crippen LogP contribution in [0.1, 0.15) is 105 Å². The van der Waals surface area contributed by atoms with Gasteiger partial charge in [-0.15, -0.1) is 0 Å². The average molecular weight is 887 g/mol. The Morgan fingerprint density at radius 3 is 1.31 bits per heavy atom. The van der Waals surface area contributed by atoms with Gasteiger partial charge in [0.1, 0.15) is 11.2 Å². The van der Waals surface area contributed by atoms with Crippen molar-refractivity contribution in [1.29, 1.82) is 0 Å². The van der Waals surface area contributed by atoms with Crippen LogP contribution in [0.3, 0.4) is 0 Å². The second-order valence-corrected chi connectivity index (χ2v) is 23.5. The zero-order chi connectivity index (χ0) is 47.7. The molecule has 68 heavy (non-hydrogen) atoms. The minimum absolute atomic E-state index is 0.0154. The summed E-state index contributed by atoms with van der Waals surface area (Å²) >= 11 is 0. The monoisotopic (exact) mass is 887 g/mol. The molecular weight excluding hydrogens is 824 g/mol. The highest BCUT2D eigenvalue weighted by Crippen LogP contribution is 2.48. The predicted molar refractivity (Wildman–Crippen MR) is 293 cm³/mol. The van der Waals surface area contributed by atoms with Crippen molar-refractivity contribution in [3.8, 4) is 22.3 Å². The van der Waals surface area contributed by atoms with Crippen LogP contribution in [0.15, 0.2) is 168 Å². The number of fused-ring (bicyclic) bond motifs is 7. The number of anilines is 6. The molecule has 3 heterocycles. The number of hydrogen-bond acceptors (Lipinski definition) is 3. The predicted octanol–water partition coefficient (Wildman–Crippen LogP) is 16.2. The molecule has 2 aliphatic rings. The fraction of sp³-hybridized carbons (Fsp3) is 0.250. The van der Waals surface area contributed by atoms with Gasteiger partial charge >= 0.3 is 0 Å². The maximum Gasteiger partial charge on any atom is 0.252 e. The summed E-state index contributed by atoms with van der Waals surface area (Å²) in [5.74, 6) is 0. The normalized spacial score (nSPS) is 13.8. The number of nitrogens with zero attached hydrogens (tertiary/aromatic N) is 2. The Morgan fingerprint density at radius 2 is 0.809 bits per heavy atom. The van der Waals surface area contributed by atoms with Gasteiger partial charge in [-0.3, -0.25) is 0 Å². The first-order valence-corrected chi connectivity index (χ1v) is 24.5. The molecule has 3 nitrogen and oxygen atoms in total. The molecule has 1 aromatic heterocycles. The van der Waals surface area contributed by atoms with E-state index in [1.54, 1.807) is 0 Å². The fourth-order valence-corrected chi connectivity index (χ4v) is 10.7. The topological polar surface area (TPSA) is 19.6 Å². The summed E-state index contributed by atoms with van der Waals surface area (Å²) in [7, 11) is 0. The quantitative estimate of drug-likeness (QED) is 0.164. The molecule has 0 aliphatic carbocycles. The molecule has 0 atom stereocenters. The van der Waals surface area contributed by atoms with Crippen LogP contribution < -0.4 is 26.2 Å². The van der Waals surface area contributed by atoms with Crippen LogP contribution in [-0.4, -0.2) is 6.71 Å². The molecule has 9 aromatic rings. The molecule has 4 heteroatoms. The lowest BCUT2D eigenvalue weighted by Crippen LogP contribution is -2.61. The summed E-state index contributed by atoms with van der Waals surface area (Å²) in [5, 5.41) is 2.29. The minimum atomic E-state index is -0.122. The van der Waals surface area contributed by atoms with E-state index in [-0.39, 0.29) is 28.4 Å². The Kier molecular flexibility index (Phi) is 9.90. The summed E-state index contributed by atoms with van der Waals surface area (Å²) in [6.45, 7) is 27.9. The number of furan rings is 1. The van der Waals surface area contributed by atoms with Crippen LogP contribution in [-0.2, 0) is 21.7 Å². The third-order valence-electron chi connectivity index (χ3n) is 14.7. The third-order valence-corrected chi connectivity index (χ3v) is 14.7. The van der Waals surface area contributed by atoms with E-state index in [0.717, 1.165) is 44.4 Å². The standard InChI is InChI=1S/C64H63BN2O/c1-61(2,3)43-26-20-40(21-27-43)41-22-30-47(31-23-41)66-54-34-28-44(62(4,5)6)36-52(54)65-53-37-45(63(7,8)9)29-35-55(53)67(57-39-46(64(10,11)12)38-56(66)59(57)65)48-32-24-42(25-33-48)49-17-15-18-51-50-16-13-14-19-58(50)68-60(49)51/h13-39H,1-12H3. The molecule has 0 amide bonds. The van der Waals surface area contributed by atoms with Gasteiger partial charge < -0.3 is 14.2 Å². The number of para-hydroxylation sites is 2. The van der Waals surface area contributed by atoms with Gasteiger partial charge in [0.25, 0.3) is 6.71 Å². The van der Waals surface area contributed by atoms with Gasteiger partial charge in [0.15, 0.2) is 0 Å². The van der Waals surface area contributed by atoms with Crippen molar-refractivity contribution in [2.45, 2.75) is 105 Å². The largest absolute Gasteiger partial charge is 0.455 e. The van der Waals surface area contributed by atoms with Crippen LogP contribution in [0.4, 0.5) is 34.1 Å². The van der Waals surface area contributed by atoms with Gasteiger partial charge in [-0.2, -0.15) is 0 Å². The van der Waals surface area contributed by atoms with Gasteiger partial charge in [-0.25, -0.2) is 0 Å². The highest BCUT2D eigenvalue weighted by atomic mass is 16.3. The molecule has 338 valence electrons. The Balaban J connectivity index is 1.14. The van der Waals surface area contributed by atoms with E-state index in [2.05, 4.69) is 251 Å². The van der Waals surface area contributed by atoms with Crippen molar-refractivity contribution in [3.05, 3.63) is 186 Å². The van der Waals surface area contributed by atoms with Crippen molar-refractivity contribution >= 4 is 79.2 Å². The zero-order valence-corrected chi connectivity index (χ0v) is 42.0. The second-order valence-electron chi connectivity index (χ2n) is 23.5. The lowest BCUT2D eigenvalue weighted by atomic mass is 9.33. The third kappa shape index (κ3) is 7.27. The van der Waals surface area contributed by atoms with E-state index in [1.165, 1.54) is 72.5 Å². The molecule has 8 aromatic carbocycles. The Hall–Kier alpha value is -6.78. The number of benzene rings is 8. The average Bonchev–Trinajstić information content (AvgIpc) is 3.69. The van der Waals surface area contributed by atoms with Crippen molar-refractivity contribution in [1.82, 2.24) is 0 Å². The molecule has 0 fully saturated rings. The van der Waals surface area contributed by atoms with E-state index < -0.39 is 0 Å². The van der Waals surface area contributed by atoms with E-state index in [0.29, 0.717) is 0 Å². The summed E-state index contributed by atoms with van der Waals surface area (Å²) in [4.78, 5) is 5.12. The minimum Gasteiger partial charge on any atom is -0.455 e. The first kappa shape index (κ1) is 43.8. The second kappa shape index (κ2) is 15.4. The van der Waals surface area contributed by atoms with Crippen molar-refractivity contribution in [3.63, 3.8) is 0 Å². The van der Waals surface area contributed by atoms with Crippen LogP contribution in [0.5, 0.6) is 0 Å².